The smallest absolute Gasteiger partial charge is 0.224 e. The van der Waals surface area contributed by atoms with Gasteiger partial charge in [0.1, 0.15) is 0 Å². The van der Waals surface area contributed by atoms with Gasteiger partial charge < -0.3 is 20.7 Å². The number of rotatable bonds is 9. The zero-order valence-corrected chi connectivity index (χ0v) is 16.6. The lowest BCUT2D eigenvalue weighted by Gasteiger charge is -2.26. The molecule has 1 amide bonds. The van der Waals surface area contributed by atoms with Gasteiger partial charge in [0.05, 0.1) is 19.8 Å². The van der Waals surface area contributed by atoms with Gasteiger partial charge in [-0.2, -0.15) is 0 Å². The Bertz CT molecular complexity index is 600. The maximum absolute atomic E-state index is 11.8. The minimum Gasteiger partial charge on any atom is -0.379 e. The fourth-order valence-corrected chi connectivity index (χ4v) is 2.87. The summed E-state index contributed by atoms with van der Waals surface area (Å²) >= 11 is 0. The summed E-state index contributed by atoms with van der Waals surface area (Å²) in [5.41, 5.74) is 1.89. The van der Waals surface area contributed by atoms with Crippen molar-refractivity contribution in [2.45, 2.75) is 33.2 Å². The van der Waals surface area contributed by atoms with E-state index in [1.54, 1.807) is 0 Å². The van der Waals surface area contributed by atoms with Crippen molar-refractivity contribution in [1.29, 1.82) is 0 Å². The Balaban J connectivity index is 1.84. The summed E-state index contributed by atoms with van der Waals surface area (Å²) in [6, 6.07) is 7.86. The van der Waals surface area contributed by atoms with Crippen LogP contribution >= 0.6 is 0 Å². The van der Waals surface area contributed by atoms with Gasteiger partial charge in [-0.25, -0.2) is 4.99 Å². The molecule has 7 nitrogen and oxygen atoms in total. The first kappa shape index (κ1) is 21.2. The number of carbonyl (C=O) groups is 1. The number of hydrogen-bond acceptors (Lipinski definition) is 4. The van der Waals surface area contributed by atoms with E-state index in [1.807, 2.05) is 31.2 Å². The Hall–Kier alpha value is -2.12. The molecule has 0 aliphatic carbocycles. The number of carbonyl (C=O) groups excluding carboxylic acids is 1. The summed E-state index contributed by atoms with van der Waals surface area (Å²) in [7, 11) is 0. The predicted octanol–water partition coefficient (Wildman–Crippen LogP) is 1.81. The number of benzene rings is 1. The number of aliphatic imine (C=N–C) groups is 1. The highest BCUT2D eigenvalue weighted by Crippen LogP contribution is 2.12. The van der Waals surface area contributed by atoms with E-state index in [0.29, 0.717) is 13.0 Å². The lowest BCUT2D eigenvalue weighted by Crippen LogP contribution is -2.44. The average Bonchev–Trinajstić information content (AvgIpc) is 2.67. The lowest BCUT2D eigenvalue weighted by molar-refractivity contribution is -0.116. The minimum atomic E-state index is 0.0521. The van der Waals surface area contributed by atoms with E-state index in [1.165, 1.54) is 0 Å². The molecule has 0 saturated carbocycles. The van der Waals surface area contributed by atoms with Gasteiger partial charge in [-0.1, -0.05) is 19.1 Å². The molecular formula is C20H33N5O2. The van der Waals surface area contributed by atoms with Crippen molar-refractivity contribution in [3.8, 4) is 0 Å². The van der Waals surface area contributed by atoms with Gasteiger partial charge in [-0.15, -0.1) is 0 Å². The topological polar surface area (TPSA) is 78.0 Å². The lowest BCUT2D eigenvalue weighted by atomic mass is 10.2. The molecular weight excluding hydrogens is 342 g/mol. The standard InChI is InChI=1S/C20H33N5O2/c1-3-6-19(26)24-18-8-5-7-17(15-18)16-23-20(21-4-2)22-9-10-25-11-13-27-14-12-25/h5,7-8,15H,3-4,6,9-14,16H2,1-2H3,(H,24,26)(H2,21,22,23). The Kier molecular flexibility index (Phi) is 9.65. The van der Waals surface area contributed by atoms with Crippen molar-refractivity contribution in [2.24, 2.45) is 4.99 Å². The van der Waals surface area contributed by atoms with Crippen LogP contribution in [0.3, 0.4) is 0 Å². The van der Waals surface area contributed by atoms with E-state index in [9.17, 15) is 4.79 Å². The Morgan fingerprint density at radius 2 is 2.04 bits per heavy atom. The Morgan fingerprint density at radius 1 is 1.22 bits per heavy atom. The van der Waals surface area contributed by atoms with Crippen molar-refractivity contribution < 1.29 is 9.53 Å². The number of ether oxygens (including phenoxy) is 1. The molecule has 0 atom stereocenters. The number of nitrogens with one attached hydrogen (secondary N) is 3. The highest BCUT2D eigenvalue weighted by Gasteiger charge is 2.09. The highest BCUT2D eigenvalue weighted by atomic mass is 16.5. The summed E-state index contributed by atoms with van der Waals surface area (Å²) in [4.78, 5) is 18.8. The summed E-state index contributed by atoms with van der Waals surface area (Å²) in [5.74, 6) is 0.863. The number of morpholine rings is 1. The normalized spacial score (nSPS) is 15.4. The van der Waals surface area contributed by atoms with Crippen LogP contribution in [0.25, 0.3) is 0 Å². The van der Waals surface area contributed by atoms with Gasteiger partial charge in [0.15, 0.2) is 5.96 Å². The second-order valence-electron chi connectivity index (χ2n) is 6.57. The highest BCUT2D eigenvalue weighted by molar-refractivity contribution is 5.90. The van der Waals surface area contributed by atoms with Crippen LogP contribution in [0, 0.1) is 0 Å². The number of hydrogen-bond donors (Lipinski definition) is 3. The molecule has 1 aliphatic heterocycles. The third-order valence-corrected chi connectivity index (χ3v) is 4.28. The summed E-state index contributed by atoms with van der Waals surface area (Å²) in [6.45, 7) is 10.9. The van der Waals surface area contributed by atoms with E-state index in [2.05, 4.69) is 32.8 Å². The molecule has 1 aromatic rings. The van der Waals surface area contributed by atoms with Crippen molar-refractivity contribution in [2.75, 3.05) is 51.3 Å². The zero-order chi connectivity index (χ0) is 19.3. The molecule has 0 unspecified atom stereocenters. The zero-order valence-electron chi connectivity index (χ0n) is 16.6. The first-order valence-corrected chi connectivity index (χ1v) is 9.92. The molecule has 1 aliphatic rings. The second kappa shape index (κ2) is 12.3. The van der Waals surface area contributed by atoms with Crippen LogP contribution in [-0.2, 0) is 16.1 Å². The minimum absolute atomic E-state index is 0.0521. The van der Waals surface area contributed by atoms with E-state index < -0.39 is 0 Å². The third-order valence-electron chi connectivity index (χ3n) is 4.28. The fourth-order valence-electron chi connectivity index (χ4n) is 2.87. The quantitative estimate of drug-likeness (QED) is 0.453. The molecule has 1 saturated heterocycles. The second-order valence-corrected chi connectivity index (χ2v) is 6.57. The summed E-state index contributed by atoms with van der Waals surface area (Å²) in [6.07, 6.45) is 1.39. The molecule has 1 fully saturated rings. The van der Waals surface area contributed by atoms with Gasteiger partial charge in [0, 0.05) is 44.8 Å². The van der Waals surface area contributed by atoms with Crippen LogP contribution in [-0.4, -0.2) is 62.7 Å². The van der Waals surface area contributed by atoms with Gasteiger partial charge in [-0.3, -0.25) is 9.69 Å². The largest absolute Gasteiger partial charge is 0.379 e. The van der Waals surface area contributed by atoms with Crippen LogP contribution < -0.4 is 16.0 Å². The van der Waals surface area contributed by atoms with Crippen LogP contribution in [0.2, 0.25) is 0 Å². The molecule has 150 valence electrons. The van der Waals surface area contributed by atoms with Crippen molar-refractivity contribution in [1.82, 2.24) is 15.5 Å². The van der Waals surface area contributed by atoms with Crippen LogP contribution in [0.5, 0.6) is 0 Å². The first-order valence-electron chi connectivity index (χ1n) is 9.92. The SMILES string of the molecule is CCCC(=O)Nc1cccc(CN=C(NCC)NCCN2CCOCC2)c1. The van der Waals surface area contributed by atoms with Crippen LogP contribution in [0.4, 0.5) is 5.69 Å². The maximum Gasteiger partial charge on any atom is 0.224 e. The van der Waals surface area contributed by atoms with Gasteiger partial charge >= 0.3 is 0 Å². The molecule has 1 aromatic carbocycles. The average molecular weight is 376 g/mol. The summed E-state index contributed by atoms with van der Waals surface area (Å²) in [5, 5.41) is 9.60. The van der Waals surface area contributed by atoms with Gasteiger partial charge in [0.25, 0.3) is 0 Å². The van der Waals surface area contributed by atoms with Crippen LogP contribution in [0.1, 0.15) is 32.3 Å². The van der Waals surface area contributed by atoms with E-state index in [4.69, 9.17) is 4.74 Å². The maximum atomic E-state index is 11.8. The predicted molar refractivity (Wildman–Crippen MR) is 110 cm³/mol. The van der Waals surface area contributed by atoms with E-state index in [-0.39, 0.29) is 5.91 Å². The molecule has 3 N–H and O–H groups in total. The first-order chi connectivity index (χ1) is 13.2. The fraction of sp³-hybridized carbons (Fsp3) is 0.600. The molecule has 1 heterocycles. The van der Waals surface area contributed by atoms with Crippen molar-refractivity contribution in [3.63, 3.8) is 0 Å². The Labute approximate surface area is 162 Å². The van der Waals surface area contributed by atoms with E-state index in [0.717, 1.165) is 69.6 Å². The molecule has 0 bridgehead atoms. The van der Waals surface area contributed by atoms with Crippen LogP contribution in [0.15, 0.2) is 29.3 Å². The van der Waals surface area contributed by atoms with Crippen molar-refractivity contribution in [3.05, 3.63) is 29.8 Å². The Morgan fingerprint density at radius 3 is 2.78 bits per heavy atom. The number of nitrogens with zero attached hydrogens (tertiary/aromatic N) is 2. The molecule has 0 spiro atoms. The summed E-state index contributed by atoms with van der Waals surface area (Å²) < 4.78 is 5.38. The molecule has 0 aromatic heterocycles. The molecule has 7 heteroatoms. The van der Waals surface area contributed by atoms with Crippen molar-refractivity contribution >= 4 is 17.6 Å². The van der Waals surface area contributed by atoms with Gasteiger partial charge in [-0.05, 0) is 31.0 Å². The molecule has 2 rings (SSSR count). The number of guanidine groups is 1. The monoisotopic (exact) mass is 375 g/mol. The molecule has 0 radical (unpaired) electrons. The van der Waals surface area contributed by atoms with Gasteiger partial charge in [0.2, 0.25) is 5.91 Å². The number of anilines is 1. The molecule has 27 heavy (non-hydrogen) atoms. The number of amides is 1. The third kappa shape index (κ3) is 8.41. The van der Waals surface area contributed by atoms with E-state index >= 15 is 0 Å².